The molecule has 0 aromatic rings. The summed E-state index contributed by atoms with van der Waals surface area (Å²) in [4.78, 5) is 0. The molecule has 0 aliphatic carbocycles. The topological polar surface area (TPSA) is 0 Å². The molecule has 0 aliphatic rings. The summed E-state index contributed by atoms with van der Waals surface area (Å²) in [6.07, 6.45) is -9.86. The molecule has 0 rings (SSSR count). The van der Waals surface area contributed by atoms with Crippen molar-refractivity contribution >= 4 is 23.2 Å². The van der Waals surface area contributed by atoms with Gasteiger partial charge in [-0.05, 0) is 0 Å². The van der Waals surface area contributed by atoms with Crippen LogP contribution in [0.4, 0.5) is 35.1 Å². The highest BCUT2D eigenvalue weighted by Gasteiger charge is 2.34. The zero-order chi connectivity index (χ0) is 13.6. The zero-order valence-electron chi connectivity index (χ0n) is 6.93. The molecule has 0 spiro atoms. The van der Waals surface area contributed by atoms with Gasteiger partial charge in [-0.3, -0.25) is 0 Å². The van der Waals surface area contributed by atoms with E-state index in [0.717, 1.165) is 0 Å². The molecule has 0 heterocycles. The van der Waals surface area contributed by atoms with Crippen molar-refractivity contribution in [3.05, 3.63) is 22.7 Å². The molecule has 0 aliphatic heterocycles. The quantitative estimate of drug-likeness (QED) is 0.539. The van der Waals surface area contributed by atoms with Crippen LogP contribution in [-0.4, -0.2) is 12.4 Å². The van der Waals surface area contributed by atoms with E-state index in [2.05, 4.69) is 23.2 Å². The van der Waals surface area contributed by atoms with Crippen LogP contribution in [0.3, 0.4) is 0 Å². The van der Waals surface area contributed by atoms with Gasteiger partial charge in [0.25, 0.3) is 0 Å². The fraction of sp³-hybridized carbons (Fsp3) is 0.333. The van der Waals surface area contributed by atoms with Crippen molar-refractivity contribution in [1.82, 2.24) is 0 Å². The lowest BCUT2D eigenvalue weighted by Gasteiger charge is -1.98. The Morgan fingerprint density at radius 2 is 0.875 bits per heavy atom. The highest BCUT2D eigenvalue weighted by molar-refractivity contribution is 6.25. The van der Waals surface area contributed by atoms with Gasteiger partial charge in [0.15, 0.2) is 0 Å². The Morgan fingerprint density at radius 3 is 0.875 bits per heavy atom. The summed E-state index contributed by atoms with van der Waals surface area (Å²) in [5.74, 6) is -4.56. The second kappa shape index (κ2) is 6.95. The van der Waals surface area contributed by atoms with Crippen LogP contribution in [0.1, 0.15) is 0 Å². The van der Waals surface area contributed by atoms with Crippen LogP contribution in [0, 0.1) is 0 Å². The van der Waals surface area contributed by atoms with Crippen LogP contribution in [-0.2, 0) is 0 Å². The molecule has 0 fully saturated rings. The average Bonchev–Trinajstić information content (AvgIpc) is 2.13. The van der Waals surface area contributed by atoms with Crippen molar-refractivity contribution in [1.29, 1.82) is 0 Å². The molecular weight excluding hydrogens is 295 g/mol. The van der Waals surface area contributed by atoms with Gasteiger partial charge in [0.05, 0.1) is 0 Å². The number of hydrogen-bond donors (Lipinski definition) is 0. The van der Waals surface area contributed by atoms with Gasteiger partial charge < -0.3 is 0 Å². The summed E-state index contributed by atoms with van der Waals surface area (Å²) in [7, 11) is 0. The zero-order valence-corrected chi connectivity index (χ0v) is 8.45. The van der Waals surface area contributed by atoms with E-state index in [-0.39, 0.29) is 11.1 Å². The maximum Gasteiger partial charge on any atom is 0.443 e. The van der Waals surface area contributed by atoms with E-state index in [4.69, 9.17) is 0 Å². The molecule has 0 saturated carbocycles. The molecule has 0 aromatic carbocycles. The van der Waals surface area contributed by atoms with Crippen molar-refractivity contribution < 1.29 is 35.1 Å². The van der Waals surface area contributed by atoms with Gasteiger partial charge in [-0.15, -0.1) is 0 Å². The van der Waals surface area contributed by atoms with Gasteiger partial charge in [-0.25, -0.2) is 8.78 Å². The Bertz CT molecular complexity index is 233. The number of hydrogen-bond acceptors (Lipinski definition) is 0. The normalized spacial score (nSPS) is 14.4. The summed E-state index contributed by atoms with van der Waals surface area (Å²) in [6, 6.07) is 0. The van der Waals surface area contributed by atoms with E-state index in [1.807, 2.05) is 0 Å². The number of alkyl halides is 6. The van der Waals surface area contributed by atoms with Crippen LogP contribution in [0.2, 0.25) is 0 Å². The molecule has 0 nitrogen and oxygen atoms in total. The second-order valence-corrected chi connectivity index (χ2v) is 2.35. The highest BCUT2D eigenvalue weighted by atomic mass is 35.5. The molecule has 0 aromatic heterocycles. The summed E-state index contributed by atoms with van der Waals surface area (Å²) in [6.45, 7) is 0. The minimum absolute atomic E-state index is 0.153. The molecule has 0 atom stereocenters. The molecule has 0 amide bonds. The van der Waals surface area contributed by atoms with Gasteiger partial charge in [-0.1, -0.05) is 23.2 Å². The minimum Gasteiger partial charge on any atom is -0.201 e. The van der Waals surface area contributed by atoms with Crippen molar-refractivity contribution in [2.75, 3.05) is 0 Å². The summed E-state index contributed by atoms with van der Waals surface area (Å²) in [5.41, 5.74) is -0.306. The highest BCUT2D eigenvalue weighted by Crippen LogP contribution is 2.27. The first-order chi connectivity index (χ1) is 6.96. The summed E-state index contributed by atoms with van der Waals surface area (Å²) < 4.78 is 88.0. The molecular formula is C6H2Cl2F8. The molecule has 10 heteroatoms. The van der Waals surface area contributed by atoms with Gasteiger partial charge in [0.1, 0.15) is 0 Å². The maximum atomic E-state index is 11.2. The molecule has 16 heavy (non-hydrogen) atoms. The Labute approximate surface area is 94.1 Å². The van der Waals surface area contributed by atoms with Crippen molar-refractivity contribution in [2.45, 2.75) is 12.4 Å². The van der Waals surface area contributed by atoms with Crippen LogP contribution in [0.25, 0.3) is 0 Å². The predicted molar refractivity (Wildman–Crippen MR) is 42.2 cm³/mol. The van der Waals surface area contributed by atoms with Crippen LogP contribution < -0.4 is 0 Å². The summed E-state index contributed by atoms with van der Waals surface area (Å²) in [5, 5.41) is 0. The third-order valence-corrected chi connectivity index (χ3v) is 1.12. The smallest absolute Gasteiger partial charge is 0.201 e. The first-order valence-electron chi connectivity index (χ1n) is 3.03. The minimum atomic E-state index is -4.93. The first-order valence-corrected chi connectivity index (χ1v) is 3.90. The number of allylic oxidation sites excluding steroid dienone is 2. The number of rotatable bonds is 0. The lowest BCUT2D eigenvalue weighted by molar-refractivity contribution is -0.109. The molecule has 0 radical (unpaired) electrons. The fourth-order valence-corrected chi connectivity index (χ4v) is 0.371. The van der Waals surface area contributed by atoms with Gasteiger partial charge in [0, 0.05) is 11.1 Å². The van der Waals surface area contributed by atoms with Crippen molar-refractivity contribution in [3.63, 3.8) is 0 Å². The number of halogens is 10. The lowest BCUT2D eigenvalue weighted by atomic mass is 10.6. The molecule has 0 unspecified atom stereocenters. The van der Waals surface area contributed by atoms with E-state index in [9.17, 15) is 35.1 Å². The monoisotopic (exact) mass is 296 g/mol. The van der Waals surface area contributed by atoms with Crippen molar-refractivity contribution in [2.24, 2.45) is 0 Å². The van der Waals surface area contributed by atoms with Gasteiger partial charge in [0.2, 0.25) is 11.7 Å². The maximum absolute atomic E-state index is 11.2. The average molecular weight is 297 g/mol. The SMILES string of the molecule is F/C(=C\Cl)C(F)(F)F.F/C(=C\Cl)C(F)(F)F. The molecule has 0 N–H and O–H groups in total. The Morgan fingerprint density at radius 1 is 0.688 bits per heavy atom. The van der Waals surface area contributed by atoms with Crippen LogP contribution in [0.5, 0.6) is 0 Å². The Balaban J connectivity index is 0. The largest absolute Gasteiger partial charge is 0.443 e. The summed E-state index contributed by atoms with van der Waals surface area (Å²) >= 11 is 8.76. The third kappa shape index (κ3) is 8.78. The molecule has 0 saturated heterocycles. The van der Waals surface area contributed by atoms with E-state index < -0.39 is 24.0 Å². The van der Waals surface area contributed by atoms with Crippen LogP contribution in [0.15, 0.2) is 22.7 Å². The predicted octanol–water partition coefficient (Wildman–Crippen LogP) is 5.20. The molecule has 0 bridgehead atoms. The van der Waals surface area contributed by atoms with E-state index >= 15 is 0 Å². The van der Waals surface area contributed by atoms with Crippen molar-refractivity contribution in [3.8, 4) is 0 Å². The Kier molecular flexibility index (Phi) is 7.77. The standard InChI is InChI=1S/2C3HClF4/c2*4-1-2(5)3(6,7)8/h2*1H/b2*2-1-. The van der Waals surface area contributed by atoms with Crippen LogP contribution >= 0.6 is 23.2 Å². The molecule has 96 valence electrons. The van der Waals surface area contributed by atoms with E-state index in [0.29, 0.717) is 0 Å². The van der Waals surface area contributed by atoms with E-state index in [1.54, 1.807) is 0 Å². The van der Waals surface area contributed by atoms with Gasteiger partial charge >= 0.3 is 12.4 Å². The van der Waals surface area contributed by atoms with E-state index in [1.165, 1.54) is 0 Å². The first kappa shape index (κ1) is 17.9. The fourth-order valence-electron chi connectivity index (χ4n) is 0.124. The Hall–Kier alpha value is -0.500. The van der Waals surface area contributed by atoms with Gasteiger partial charge in [-0.2, -0.15) is 26.3 Å². The lowest BCUT2D eigenvalue weighted by Crippen LogP contribution is -2.06. The third-order valence-electron chi connectivity index (χ3n) is 0.733. The second-order valence-electron chi connectivity index (χ2n) is 1.91.